The van der Waals surface area contributed by atoms with Crippen molar-refractivity contribution >= 4 is 11.6 Å². The standard InChI is InChI=1S/C16H18ClNO/c1-11-7-8-16(15(17)9-11)19-14-6-4-5-13(10-14)12(2)18-3/h4-10,12,18H,1-3H3. The van der Waals surface area contributed by atoms with Crippen LogP contribution in [0.2, 0.25) is 5.02 Å². The second-order valence-electron chi connectivity index (χ2n) is 4.62. The van der Waals surface area contributed by atoms with Gasteiger partial charge in [-0.1, -0.05) is 29.8 Å². The Balaban J connectivity index is 2.23. The average molecular weight is 276 g/mol. The number of benzene rings is 2. The summed E-state index contributed by atoms with van der Waals surface area (Å²) in [6.45, 7) is 4.11. The summed E-state index contributed by atoms with van der Waals surface area (Å²) in [6, 6.07) is 14.1. The number of halogens is 1. The van der Waals surface area contributed by atoms with Gasteiger partial charge in [0.05, 0.1) is 5.02 Å². The van der Waals surface area contributed by atoms with Crippen LogP contribution < -0.4 is 10.1 Å². The summed E-state index contributed by atoms with van der Waals surface area (Å²) in [5.74, 6) is 1.48. The van der Waals surface area contributed by atoms with Gasteiger partial charge in [-0.2, -0.15) is 0 Å². The van der Waals surface area contributed by atoms with Crippen LogP contribution >= 0.6 is 11.6 Å². The Hall–Kier alpha value is -1.51. The van der Waals surface area contributed by atoms with Crippen molar-refractivity contribution < 1.29 is 4.74 Å². The molecule has 2 aromatic carbocycles. The van der Waals surface area contributed by atoms with Crippen molar-refractivity contribution in [3.63, 3.8) is 0 Å². The fourth-order valence-corrected chi connectivity index (χ4v) is 2.10. The normalized spacial score (nSPS) is 12.2. The molecule has 100 valence electrons. The summed E-state index contributed by atoms with van der Waals surface area (Å²) in [6.07, 6.45) is 0. The first-order chi connectivity index (χ1) is 9.10. The Morgan fingerprint density at radius 2 is 1.95 bits per heavy atom. The molecule has 2 nitrogen and oxygen atoms in total. The SMILES string of the molecule is CNC(C)c1cccc(Oc2ccc(C)cc2Cl)c1. The fourth-order valence-electron chi connectivity index (χ4n) is 1.83. The second kappa shape index (κ2) is 6.09. The van der Waals surface area contributed by atoms with E-state index < -0.39 is 0 Å². The summed E-state index contributed by atoms with van der Waals surface area (Å²) < 4.78 is 5.84. The van der Waals surface area contributed by atoms with Crippen LogP contribution in [0.5, 0.6) is 11.5 Å². The maximum Gasteiger partial charge on any atom is 0.146 e. The van der Waals surface area contributed by atoms with E-state index in [2.05, 4.69) is 18.3 Å². The van der Waals surface area contributed by atoms with E-state index in [1.165, 1.54) is 5.56 Å². The van der Waals surface area contributed by atoms with Crippen molar-refractivity contribution in [1.82, 2.24) is 5.32 Å². The molecular weight excluding hydrogens is 258 g/mol. The van der Waals surface area contributed by atoms with E-state index in [0.29, 0.717) is 10.8 Å². The van der Waals surface area contributed by atoms with Gasteiger partial charge in [-0.15, -0.1) is 0 Å². The minimum Gasteiger partial charge on any atom is -0.456 e. The number of ether oxygens (including phenoxy) is 1. The van der Waals surface area contributed by atoms with Crippen LogP contribution in [-0.4, -0.2) is 7.05 Å². The van der Waals surface area contributed by atoms with Gasteiger partial charge in [0.25, 0.3) is 0 Å². The Kier molecular flexibility index (Phi) is 4.46. The van der Waals surface area contributed by atoms with Gasteiger partial charge < -0.3 is 10.1 Å². The molecule has 0 aromatic heterocycles. The summed E-state index contributed by atoms with van der Waals surface area (Å²) in [4.78, 5) is 0. The lowest BCUT2D eigenvalue weighted by molar-refractivity contribution is 0.480. The molecule has 19 heavy (non-hydrogen) atoms. The number of nitrogens with one attached hydrogen (secondary N) is 1. The molecule has 0 aliphatic carbocycles. The molecule has 0 amide bonds. The molecule has 1 atom stereocenters. The molecule has 3 heteroatoms. The maximum atomic E-state index is 6.17. The summed E-state index contributed by atoms with van der Waals surface area (Å²) >= 11 is 6.17. The quantitative estimate of drug-likeness (QED) is 0.872. The van der Waals surface area contributed by atoms with Crippen molar-refractivity contribution in [3.05, 3.63) is 58.6 Å². The summed E-state index contributed by atoms with van der Waals surface area (Å²) in [7, 11) is 1.94. The van der Waals surface area contributed by atoms with Crippen molar-refractivity contribution in [2.75, 3.05) is 7.05 Å². The molecule has 0 spiro atoms. The molecule has 0 saturated carbocycles. The molecule has 0 fully saturated rings. The Morgan fingerprint density at radius 3 is 2.63 bits per heavy atom. The third-order valence-electron chi connectivity index (χ3n) is 3.11. The van der Waals surface area contributed by atoms with E-state index >= 15 is 0 Å². The lowest BCUT2D eigenvalue weighted by atomic mass is 10.1. The zero-order valence-electron chi connectivity index (χ0n) is 11.4. The fraction of sp³-hybridized carbons (Fsp3) is 0.250. The predicted molar refractivity (Wildman–Crippen MR) is 80.2 cm³/mol. The van der Waals surface area contributed by atoms with Gasteiger partial charge >= 0.3 is 0 Å². The lowest BCUT2D eigenvalue weighted by Gasteiger charge is -2.13. The topological polar surface area (TPSA) is 21.3 Å². The van der Waals surface area contributed by atoms with Crippen LogP contribution in [0, 0.1) is 6.92 Å². The predicted octanol–water partition coefficient (Wildman–Crippen LogP) is 4.72. The first-order valence-electron chi connectivity index (χ1n) is 6.31. The van der Waals surface area contributed by atoms with Crippen molar-refractivity contribution in [3.8, 4) is 11.5 Å². The van der Waals surface area contributed by atoms with Crippen LogP contribution in [0.1, 0.15) is 24.1 Å². The highest BCUT2D eigenvalue weighted by atomic mass is 35.5. The highest BCUT2D eigenvalue weighted by Crippen LogP contribution is 2.31. The van der Waals surface area contributed by atoms with E-state index in [-0.39, 0.29) is 6.04 Å². The molecule has 0 radical (unpaired) electrons. The van der Waals surface area contributed by atoms with Gasteiger partial charge in [0, 0.05) is 6.04 Å². The summed E-state index contributed by atoms with van der Waals surface area (Å²) in [5, 5.41) is 3.84. The molecule has 0 aliphatic rings. The van der Waals surface area contributed by atoms with Crippen molar-refractivity contribution in [2.45, 2.75) is 19.9 Å². The monoisotopic (exact) mass is 275 g/mol. The van der Waals surface area contributed by atoms with E-state index in [1.807, 2.05) is 50.4 Å². The molecule has 2 rings (SSSR count). The minimum absolute atomic E-state index is 0.289. The summed E-state index contributed by atoms with van der Waals surface area (Å²) in [5.41, 5.74) is 2.30. The molecule has 0 aliphatic heterocycles. The van der Waals surface area contributed by atoms with Gasteiger partial charge in [0.1, 0.15) is 11.5 Å². The molecule has 0 saturated heterocycles. The van der Waals surface area contributed by atoms with Crippen molar-refractivity contribution in [1.29, 1.82) is 0 Å². The molecular formula is C16H18ClNO. The largest absolute Gasteiger partial charge is 0.456 e. The van der Waals surface area contributed by atoms with Crippen LogP contribution in [0.3, 0.4) is 0 Å². The lowest BCUT2D eigenvalue weighted by Crippen LogP contribution is -2.12. The van der Waals surface area contributed by atoms with Gasteiger partial charge in [-0.3, -0.25) is 0 Å². The molecule has 0 bridgehead atoms. The zero-order valence-corrected chi connectivity index (χ0v) is 12.2. The van der Waals surface area contributed by atoms with Gasteiger partial charge in [0.15, 0.2) is 0 Å². The highest BCUT2D eigenvalue weighted by molar-refractivity contribution is 6.32. The Morgan fingerprint density at radius 1 is 1.16 bits per heavy atom. The molecule has 2 aromatic rings. The zero-order chi connectivity index (χ0) is 13.8. The molecule has 0 heterocycles. The van der Waals surface area contributed by atoms with Crippen molar-refractivity contribution in [2.24, 2.45) is 0 Å². The second-order valence-corrected chi connectivity index (χ2v) is 5.03. The molecule has 1 unspecified atom stereocenters. The maximum absolute atomic E-state index is 6.17. The average Bonchev–Trinajstić information content (AvgIpc) is 2.41. The number of rotatable bonds is 4. The van der Waals surface area contributed by atoms with Gasteiger partial charge in [-0.25, -0.2) is 0 Å². The Bertz CT molecular complexity index is 568. The molecule has 1 N–H and O–H groups in total. The van der Waals surface area contributed by atoms with Gasteiger partial charge in [-0.05, 0) is 56.3 Å². The van der Waals surface area contributed by atoms with E-state index in [9.17, 15) is 0 Å². The first-order valence-corrected chi connectivity index (χ1v) is 6.69. The van der Waals surface area contributed by atoms with E-state index in [4.69, 9.17) is 16.3 Å². The van der Waals surface area contributed by atoms with Crippen LogP contribution in [0.25, 0.3) is 0 Å². The number of aryl methyl sites for hydroxylation is 1. The number of hydrogen-bond donors (Lipinski definition) is 1. The van der Waals surface area contributed by atoms with E-state index in [0.717, 1.165) is 11.3 Å². The smallest absolute Gasteiger partial charge is 0.146 e. The van der Waals surface area contributed by atoms with Crippen LogP contribution in [0.4, 0.5) is 0 Å². The van der Waals surface area contributed by atoms with Gasteiger partial charge in [0.2, 0.25) is 0 Å². The van der Waals surface area contributed by atoms with E-state index in [1.54, 1.807) is 0 Å². The van der Waals surface area contributed by atoms with Crippen LogP contribution in [-0.2, 0) is 0 Å². The highest BCUT2D eigenvalue weighted by Gasteiger charge is 2.06. The third-order valence-corrected chi connectivity index (χ3v) is 3.40. The Labute approximate surface area is 119 Å². The minimum atomic E-state index is 0.289. The number of hydrogen-bond acceptors (Lipinski definition) is 2. The van der Waals surface area contributed by atoms with Crippen LogP contribution in [0.15, 0.2) is 42.5 Å². The first kappa shape index (κ1) is 13.9. The third kappa shape index (κ3) is 3.49.